The predicted octanol–water partition coefficient (Wildman–Crippen LogP) is -7.95. The van der Waals surface area contributed by atoms with E-state index < -0.39 is 0 Å². The lowest BCUT2D eigenvalue weighted by Gasteiger charge is -1.00. The Bertz CT molecular complexity index is 13.0. The van der Waals surface area contributed by atoms with Crippen molar-refractivity contribution in [3.63, 3.8) is 0 Å². The van der Waals surface area contributed by atoms with Gasteiger partial charge in [0, 0.05) is 23.1 Å². The van der Waals surface area contributed by atoms with Gasteiger partial charge in [0.15, 0.2) is 0 Å². The van der Waals surface area contributed by atoms with Crippen molar-refractivity contribution in [1.29, 1.82) is 0 Å². The molecule has 0 atom stereocenters. The van der Waals surface area contributed by atoms with E-state index in [9.17, 15) is 0 Å². The number of hydrogen-bond donors (Lipinski definition) is 1. The lowest BCUT2D eigenvalue weighted by atomic mass is 14.0. The maximum Gasteiger partial charge on any atom is 0 e. The van der Waals surface area contributed by atoms with Crippen molar-refractivity contribution < 1.29 is 45.3 Å². The van der Waals surface area contributed by atoms with E-state index in [1.165, 1.54) is 0 Å². The van der Waals surface area contributed by atoms with E-state index in [4.69, 9.17) is 0 Å². The minimum Gasteiger partial charge on any atom is -1.00 e. The first-order valence-corrected chi connectivity index (χ1v) is 0. The van der Waals surface area contributed by atoms with Crippen LogP contribution < -0.4 is 18.6 Å². The minimum atomic E-state index is 0. The molecule has 9 heavy (non-hydrogen) atoms. The molecule has 7 nitrogen and oxygen atoms in total. The summed E-state index contributed by atoms with van der Waals surface area (Å²) in [6, 6.07) is 0. The molecule has 66 valence electrons. The van der Waals surface area contributed by atoms with Crippen LogP contribution in [0.15, 0.2) is 0 Å². The van der Waals surface area contributed by atoms with Crippen LogP contribution in [0, 0.1) is 0 Å². The van der Waals surface area contributed by atoms with Crippen LogP contribution in [-0.2, 0) is 0 Å². The Hall–Kier alpha value is 0.776. The smallest absolute Gasteiger partial charge is 0 e. The first-order chi connectivity index (χ1) is 0. The van der Waals surface area contributed by atoms with Crippen LogP contribution in [0.5, 0.6) is 0 Å². The van der Waals surface area contributed by atoms with E-state index in [1.807, 2.05) is 0 Å². The Balaban J connectivity index is 0. The predicted molar refractivity (Wildman–Crippen MR) is 33.4 cm³/mol. The summed E-state index contributed by atoms with van der Waals surface area (Å²) < 4.78 is 0. The van der Waals surface area contributed by atoms with Gasteiger partial charge in [0.2, 0.25) is 0 Å². The molecule has 0 aliphatic rings. The molecule has 0 amide bonds. The third-order valence-electron chi connectivity index (χ3n) is 0. The van der Waals surface area contributed by atoms with Crippen LogP contribution >= 0.6 is 0 Å². The normalized spacial score (nSPS) is 0. The highest BCUT2D eigenvalue weighted by Gasteiger charge is 0.0000186. The van der Waals surface area contributed by atoms with Gasteiger partial charge in [-0.2, -0.15) is 0 Å². The fourth-order valence-corrected chi connectivity index (χ4v) is 0. The van der Waals surface area contributed by atoms with Crippen molar-refractivity contribution in [2.24, 2.45) is 0 Å². The van der Waals surface area contributed by atoms with Crippen LogP contribution in [0.1, 0.15) is 0 Å². The average molecular weight is 186 g/mol. The van der Waals surface area contributed by atoms with Gasteiger partial charge < -0.3 is 51.4 Å². The fourth-order valence-electron chi connectivity index (χ4n) is 0. The topological polar surface area (TPSA) is 226 Å². The van der Waals surface area contributed by atoms with E-state index >= 15 is 0 Å². The van der Waals surface area contributed by atoms with Crippen molar-refractivity contribution in [3.8, 4) is 0 Å². The Morgan fingerprint density at radius 1 is 0.444 bits per heavy atom. The molecular formula is H16ClMgNO6. The molecule has 2 radical (unpaired) electrons. The van der Waals surface area contributed by atoms with Crippen LogP contribution in [0.3, 0.4) is 0 Å². The third kappa shape index (κ3) is 669. The molecule has 0 spiro atoms. The molecule has 0 heterocycles. The summed E-state index contributed by atoms with van der Waals surface area (Å²) in [5.74, 6) is 0. The summed E-state index contributed by atoms with van der Waals surface area (Å²) in [7, 11) is 0. The van der Waals surface area contributed by atoms with Crippen molar-refractivity contribution >= 4 is 23.1 Å². The molecule has 0 aliphatic carbocycles. The van der Waals surface area contributed by atoms with Crippen molar-refractivity contribution in [1.82, 2.24) is 6.15 Å². The molecule has 0 saturated carbocycles. The molecule has 0 aromatic heterocycles. The monoisotopic (exact) mass is 185 g/mol. The fraction of sp³-hybridized carbons (Fsp3) is 0. The van der Waals surface area contributed by atoms with E-state index in [1.54, 1.807) is 0 Å². The Kier molecular flexibility index (Phi) is 122000. The van der Waals surface area contributed by atoms with Gasteiger partial charge in [-0.1, -0.05) is 0 Å². The third-order valence-corrected chi connectivity index (χ3v) is 0. The van der Waals surface area contributed by atoms with Gasteiger partial charge in [-0.15, -0.1) is 0 Å². The maximum atomic E-state index is 0. The molecule has 0 saturated heterocycles. The van der Waals surface area contributed by atoms with Crippen LogP contribution in [0.4, 0.5) is 0 Å². The second-order valence-corrected chi connectivity index (χ2v) is 0. The molecule has 0 rings (SSSR count). The van der Waals surface area contributed by atoms with Crippen molar-refractivity contribution in [3.05, 3.63) is 0 Å². The van der Waals surface area contributed by atoms with E-state index in [0.717, 1.165) is 0 Å². The zero-order chi connectivity index (χ0) is 0. The summed E-state index contributed by atoms with van der Waals surface area (Å²) in [5.41, 5.74) is 0. The second kappa shape index (κ2) is 881. The van der Waals surface area contributed by atoms with Crippen LogP contribution in [0.25, 0.3) is 0 Å². The van der Waals surface area contributed by atoms with Gasteiger partial charge in [-0.25, -0.2) is 0 Å². The first kappa shape index (κ1) is 1250. The summed E-state index contributed by atoms with van der Waals surface area (Å²) in [6.07, 6.45) is 0. The molecule has 9 heteroatoms. The molecule has 0 fully saturated rings. The number of rotatable bonds is 0. The molecule has 0 aliphatic heterocycles. The van der Waals surface area contributed by atoms with Gasteiger partial charge in [0.25, 0.3) is 0 Å². The quantitative estimate of drug-likeness (QED) is 0.347. The summed E-state index contributed by atoms with van der Waals surface area (Å²) >= 11 is 0. The van der Waals surface area contributed by atoms with E-state index in [2.05, 4.69) is 0 Å². The zero-order valence-electron chi connectivity index (χ0n) is 5.09. The standard InChI is InChI=1S/ClH.Mg.H3N.6H2O/h1H;;1H3;6*1H2. The highest BCUT2D eigenvalue weighted by atomic mass is 35.5. The van der Waals surface area contributed by atoms with Gasteiger partial charge in [-0.05, 0) is 0 Å². The van der Waals surface area contributed by atoms with Crippen molar-refractivity contribution in [2.45, 2.75) is 0 Å². The number of hydrogen-bond acceptors (Lipinski definition) is 0. The van der Waals surface area contributed by atoms with Crippen LogP contribution in [0.2, 0.25) is 0 Å². The second-order valence-electron chi connectivity index (χ2n) is 0. The van der Waals surface area contributed by atoms with Gasteiger partial charge in [-0.3, -0.25) is 0 Å². The zero-order valence-corrected chi connectivity index (χ0v) is 7.26. The highest BCUT2D eigenvalue weighted by Crippen LogP contribution is -0.284. The van der Waals surface area contributed by atoms with Gasteiger partial charge in [0.05, 0.1) is 0 Å². The molecule has 0 aromatic carbocycles. The number of halogens is 1. The minimum absolute atomic E-state index is 0. The van der Waals surface area contributed by atoms with Crippen molar-refractivity contribution in [2.75, 3.05) is 0 Å². The Labute approximate surface area is 74.8 Å². The summed E-state index contributed by atoms with van der Waals surface area (Å²) in [6.45, 7) is 0. The van der Waals surface area contributed by atoms with E-state index in [-0.39, 0.29) is 74.5 Å². The first-order valence-electron chi connectivity index (χ1n) is 0. The Morgan fingerprint density at radius 2 is 0.444 bits per heavy atom. The SMILES string of the molecule is O.O.O.O.O.O.[Cl-].[Mg].[NH4+]. The largest absolute Gasteiger partial charge is 1.00 e. The van der Waals surface area contributed by atoms with Gasteiger partial charge in [0.1, 0.15) is 0 Å². The lowest BCUT2D eigenvalue weighted by molar-refractivity contribution is -0.00000787. The Morgan fingerprint density at radius 3 is 0.444 bits per heavy atom. The molecule has 0 bridgehead atoms. The molecular weight excluding hydrogens is 170 g/mol. The van der Waals surface area contributed by atoms with E-state index in [0.29, 0.717) is 0 Å². The maximum absolute atomic E-state index is 0. The number of quaternary nitrogens is 1. The molecule has 0 aromatic rings. The highest BCUT2D eigenvalue weighted by molar-refractivity contribution is 5.75. The summed E-state index contributed by atoms with van der Waals surface area (Å²) in [5, 5.41) is 0. The van der Waals surface area contributed by atoms with Gasteiger partial charge >= 0.3 is 0 Å². The lowest BCUT2D eigenvalue weighted by Crippen LogP contribution is -3.00. The summed E-state index contributed by atoms with van der Waals surface area (Å²) in [4.78, 5) is 0. The van der Waals surface area contributed by atoms with Crippen LogP contribution in [-0.4, -0.2) is 55.9 Å². The average Bonchev–Trinajstić information content (AvgIpc) is 0. The molecule has 16 N–H and O–H groups in total. The molecule has 0 unspecified atom stereocenters.